The Kier molecular flexibility index (Phi) is 5.41. The van der Waals surface area contributed by atoms with Crippen molar-refractivity contribution in [3.8, 4) is 0 Å². The minimum atomic E-state index is 0.637. The van der Waals surface area contributed by atoms with Crippen LogP contribution in [-0.2, 0) is 6.54 Å². The van der Waals surface area contributed by atoms with E-state index in [9.17, 15) is 0 Å². The molecule has 1 aliphatic heterocycles. The predicted octanol–water partition coefficient (Wildman–Crippen LogP) is 3.45. The summed E-state index contributed by atoms with van der Waals surface area (Å²) in [6.07, 6.45) is 4.54. The zero-order valence-corrected chi connectivity index (χ0v) is 13.4. The first-order valence-electron chi connectivity index (χ1n) is 7.98. The summed E-state index contributed by atoms with van der Waals surface area (Å²) in [5, 5.41) is 3.47. The molecule has 20 heavy (non-hydrogen) atoms. The molecule has 3 nitrogen and oxygen atoms in total. The molecule has 1 aromatic rings. The molecule has 1 saturated heterocycles. The van der Waals surface area contributed by atoms with Gasteiger partial charge in [0.15, 0.2) is 0 Å². The molecular formula is C17H29N3. The van der Waals surface area contributed by atoms with Gasteiger partial charge in [0.2, 0.25) is 0 Å². The molecule has 1 N–H and O–H groups in total. The summed E-state index contributed by atoms with van der Waals surface area (Å²) in [4.78, 5) is 7.02. The van der Waals surface area contributed by atoms with Crippen LogP contribution in [-0.4, -0.2) is 24.1 Å². The monoisotopic (exact) mass is 275 g/mol. The first-order valence-corrected chi connectivity index (χ1v) is 7.98. The van der Waals surface area contributed by atoms with E-state index in [0.29, 0.717) is 12.0 Å². The van der Waals surface area contributed by atoms with Gasteiger partial charge in [0.1, 0.15) is 0 Å². The SMILES string of the molecule is CC(C)CNCc1cc(N2CCC(C)CC2C)ccn1. The van der Waals surface area contributed by atoms with E-state index < -0.39 is 0 Å². The maximum atomic E-state index is 4.48. The van der Waals surface area contributed by atoms with Crippen LogP contribution in [0.3, 0.4) is 0 Å². The summed E-state index contributed by atoms with van der Waals surface area (Å²) in [5.74, 6) is 1.54. The zero-order chi connectivity index (χ0) is 14.5. The van der Waals surface area contributed by atoms with Gasteiger partial charge in [0.25, 0.3) is 0 Å². The fourth-order valence-corrected chi connectivity index (χ4v) is 3.02. The number of hydrogen-bond donors (Lipinski definition) is 1. The van der Waals surface area contributed by atoms with Gasteiger partial charge in [-0.3, -0.25) is 4.98 Å². The molecule has 0 radical (unpaired) electrons. The van der Waals surface area contributed by atoms with Crippen LogP contribution in [0.15, 0.2) is 18.3 Å². The molecule has 2 unspecified atom stereocenters. The van der Waals surface area contributed by atoms with Crippen molar-refractivity contribution in [1.29, 1.82) is 0 Å². The fourth-order valence-electron chi connectivity index (χ4n) is 3.02. The number of anilines is 1. The number of nitrogens with one attached hydrogen (secondary N) is 1. The molecule has 3 heteroatoms. The molecule has 2 atom stereocenters. The Hall–Kier alpha value is -1.09. The fraction of sp³-hybridized carbons (Fsp3) is 0.706. The largest absolute Gasteiger partial charge is 0.369 e. The maximum Gasteiger partial charge on any atom is 0.0562 e. The number of aromatic nitrogens is 1. The second-order valence-corrected chi connectivity index (χ2v) is 6.70. The van der Waals surface area contributed by atoms with Gasteiger partial charge in [-0.15, -0.1) is 0 Å². The highest BCUT2D eigenvalue weighted by Gasteiger charge is 2.23. The second-order valence-electron chi connectivity index (χ2n) is 6.70. The van der Waals surface area contributed by atoms with Crippen LogP contribution in [0.5, 0.6) is 0 Å². The summed E-state index contributed by atoms with van der Waals surface area (Å²) in [7, 11) is 0. The average molecular weight is 275 g/mol. The Morgan fingerprint density at radius 2 is 2.20 bits per heavy atom. The second kappa shape index (κ2) is 7.07. The van der Waals surface area contributed by atoms with Gasteiger partial charge in [0.05, 0.1) is 5.69 Å². The summed E-state index contributed by atoms with van der Waals surface area (Å²) < 4.78 is 0. The molecule has 0 saturated carbocycles. The van der Waals surface area contributed by atoms with E-state index >= 15 is 0 Å². The van der Waals surface area contributed by atoms with Crippen molar-refractivity contribution in [3.63, 3.8) is 0 Å². The molecule has 1 fully saturated rings. The van der Waals surface area contributed by atoms with E-state index in [2.05, 4.69) is 55.0 Å². The first kappa shape index (κ1) is 15.3. The quantitative estimate of drug-likeness (QED) is 0.892. The van der Waals surface area contributed by atoms with Gasteiger partial charge < -0.3 is 10.2 Å². The summed E-state index contributed by atoms with van der Waals surface area (Å²) >= 11 is 0. The van der Waals surface area contributed by atoms with Crippen LogP contribution in [0.25, 0.3) is 0 Å². The number of pyridine rings is 1. The molecule has 1 aromatic heterocycles. The molecule has 2 heterocycles. The smallest absolute Gasteiger partial charge is 0.0562 e. The van der Waals surface area contributed by atoms with Crippen molar-refractivity contribution in [2.24, 2.45) is 11.8 Å². The van der Waals surface area contributed by atoms with E-state index in [1.165, 1.54) is 25.1 Å². The van der Waals surface area contributed by atoms with Crippen molar-refractivity contribution in [2.75, 3.05) is 18.0 Å². The van der Waals surface area contributed by atoms with Crippen LogP contribution >= 0.6 is 0 Å². The third-order valence-electron chi connectivity index (χ3n) is 4.13. The summed E-state index contributed by atoms with van der Waals surface area (Å²) in [5.41, 5.74) is 2.48. The van der Waals surface area contributed by atoms with Crippen LogP contribution in [0, 0.1) is 11.8 Å². The van der Waals surface area contributed by atoms with Crippen LogP contribution in [0.2, 0.25) is 0 Å². The lowest BCUT2D eigenvalue weighted by Crippen LogP contribution is -2.40. The maximum absolute atomic E-state index is 4.48. The van der Waals surface area contributed by atoms with Crippen molar-refractivity contribution in [2.45, 2.75) is 53.1 Å². The zero-order valence-electron chi connectivity index (χ0n) is 13.4. The van der Waals surface area contributed by atoms with E-state index in [1.807, 2.05) is 6.20 Å². The third-order valence-corrected chi connectivity index (χ3v) is 4.13. The lowest BCUT2D eigenvalue weighted by molar-refractivity contribution is 0.378. The number of hydrogen-bond acceptors (Lipinski definition) is 3. The number of rotatable bonds is 5. The van der Waals surface area contributed by atoms with Crippen molar-refractivity contribution >= 4 is 5.69 Å². The first-order chi connectivity index (χ1) is 9.56. The van der Waals surface area contributed by atoms with E-state index in [1.54, 1.807) is 0 Å². The van der Waals surface area contributed by atoms with Gasteiger partial charge in [-0.1, -0.05) is 20.8 Å². The normalized spacial score (nSPS) is 23.4. The van der Waals surface area contributed by atoms with E-state index in [4.69, 9.17) is 0 Å². The number of piperidine rings is 1. The summed E-state index contributed by atoms with van der Waals surface area (Å²) in [6.45, 7) is 12.2. The highest BCUT2D eigenvalue weighted by Crippen LogP contribution is 2.27. The molecule has 0 spiro atoms. The van der Waals surface area contributed by atoms with Crippen molar-refractivity contribution in [1.82, 2.24) is 10.3 Å². The van der Waals surface area contributed by atoms with Crippen LogP contribution in [0.4, 0.5) is 5.69 Å². The molecule has 1 aliphatic rings. The topological polar surface area (TPSA) is 28.2 Å². The Balaban J connectivity index is 1.98. The highest BCUT2D eigenvalue weighted by atomic mass is 15.2. The molecule has 2 rings (SSSR count). The molecular weight excluding hydrogens is 246 g/mol. The highest BCUT2D eigenvalue weighted by molar-refractivity contribution is 5.48. The molecule has 0 bridgehead atoms. The molecule has 0 aliphatic carbocycles. The van der Waals surface area contributed by atoms with E-state index in [0.717, 1.165) is 24.7 Å². The number of nitrogens with zero attached hydrogens (tertiary/aromatic N) is 2. The third kappa shape index (κ3) is 4.20. The predicted molar refractivity (Wildman–Crippen MR) is 86.0 cm³/mol. The minimum Gasteiger partial charge on any atom is -0.369 e. The lowest BCUT2D eigenvalue weighted by Gasteiger charge is -2.38. The molecule has 112 valence electrons. The van der Waals surface area contributed by atoms with E-state index in [-0.39, 0.29) is 0 Å². The van der Waals surface area contributed by atoms with Gasteiger partial charge in [0, 0.05) is 31.0 Å². The Labute approximate surface area is 123 Å². The standard InChI is InChI=1S/C17H29N3/c1-13(2)11-18-12-16-10-17(5-7-19-16)20-8-6-14(3)9-15(20)4/h5,7,10,13-15,18H,6,8-9,11-12H2,1-4H3. The Morgan fingerprint density at radius 3 is 2.90 bits per heavy atom. The molecule has 0 aromatic carbocycles. The summed E-state index contributed by atoms with van der Waals surface area (Å²) in [6, 6.07) is 5.04. The van der Waals surface area contributed by atoms with Crippen molar-refractivity contribution < 1.29 is 0 Å². The van der Waals surface area contributed by atoms with Crippen LogP contribution < -0.4 is 10.2 Å². The molecule has 0 amide bonds. The Bertz CT molecular complexity index is 416. The average Bonchev–Trinajstić information content (AvgIpc) is 2.38. The Morgan fingerprint density at radius 1 is 1.40 bits per heavy atom. The lowest BCUT2D eigenvalue weighted by atomic mass is 9.93. The van der Waals surface area contributed by atoms with Gasteiger partial charge in [-0.25, -0.2) is 0 Å². The van der Waals surface area contributed by atoms with Crippen molar-refractivity contribution in [3.05, 3.63) is 24.0 Å². The minimum absolute atomic E-state index is 0.637. The van der Waals surface area contributed by atoms with Gasteiger partial charge >= 0.3 is 0 Å². The van der Waals surface area contributed by atoms with Gasteiger partial charge in [-0.05, 0) is 50.3 Å². The van der Waals surface area contributed by atoms with Gasteiger partial charge in [-0.2, -0.15) is 0 Å². The van der Waals surface area contributed by atoms with Crippen LogP contribution in [0.1, 0.15) is 46.2 Å².